The minimum Gasteiger partial charge on any atom is -0.452 e. The predicted octanol–water partition coefficient (Wildman–Crippen LogP) is 5.17. The van der Waals surface area contributed by atoms with Gasteiger partial charge in [0.15, 0.2) is 6.61 Å². The van der Waals surface area contributed by atoms with Crippen molar-refractivity contribution in [3.05, 3.63) is 114 Å². The van der Waals surface area contributed by atoms with E-state index in [1.807, 2.05) is 80.6 Å². The molecule has 44 heavy (non-hydrogen) atoms. The second kappa shape index (κ2) is 12.3. The zero-order valence-electron chi connectivity index (χ0n) is 24.5. The molecule has 226 valence electrons. The van der Waals surface area contributed by atoms with Crippen LogP contribution in [0.5, 0.6) is 0 Å². The zero-order valence-corrected chi connectivity index (χ0v) is 25.3. The van der Waals surface area contributed by atoms with Crippen molar-refractivity contribution in [3.63, 3.8) is 0 Å². The number of ether oxygens (including phenoxy) is 2. The number of hydrazone groups is 1. The fraction of sp³-hybridized carbons (Fsp3) is 0.265. The molecule has 2 aliphatic heterocycles. The molecule has 0 aliphatic carbocycles. The van der Waals surface area contributed by atoms with Crippen LogP contribution < -0.4 is 0 Å². The summed E-state index contributed by atoms with van der Waals surface area (Å²) in [4.78, 5) is 26.5. The normalized spacial score (nSPS) is 20.8. The summed E-state index contributed by atoms with van der Waals surface area (Å²) in [6.07, 6.45) is 0.00515. The molecule has 0 radical (unpaired) electrons. The number of benzene rings is 4. The van der Waals surface area contributed by atoms with E-state index in [4.69, 9.17) is 14.6 Å². The zero-order chi connectivity index (χ0) is 30.8. The number of fused-ring (bicyclic) bond motifs is 1. The van der Waals surface area contributed by atoms with Gasteiger partial charge in [-0.15, -0.1) is 0 Å². The van der Waals surface area contributed by atoms with Crippen molar-refractivity contribution in [2.75, 3.05) is 19.7 Å². The molecule has 0 saturated carbocycles. The molecule has 0 spiro atoms. The predicted molar refractivity (Wildman–Crippen MR) is 167 cm³/mol. The Morgan fingerprint density at radius 1 is 0.864 bits per heavy atom. The molecule has 10 heteroatoms. The highest BCUT2D eigenvalue weighted by molar-refractivity contribution is 7.89. The second-order valence-electron chi connectivity index (χ2n) is 11.2. The molecule has 0 N–H and O–H groups in total. The summed E-state index contributed by atoms with van der Waals surface area (Å²) in [5.41, 5.74) is 2.62. The maximum atomic E-state index is 13.5. The summed E-state index contributed by atoms with van der Waals surface area (Å²) in [7, 11) is -3.86. The number of hydrogen-bond acceptors (Lipinski definition) is 7. The first-order chi connectivity index (χ1) is 21.2. The van der Waals surface area contributed by atoms with Crippen LogP contribution in [0.3, 0.4) is 0 Å². The molecular weight excluding hydrogens is 578 g/mol. The SMILES string of the molecule is C[C@@H]1CN(S(=O)(=O)c2cccc(C(=O)OCC(=O)N3N=C(c4ccc5ccccc5c4)C[C@H]3c3ccccc3)c2)C[C@H](C)O1. The van der Waals surface area contributed by atoms with Gasteiger partial charge < -0.3 is 9.47 Å². The Bertz CT molecular complexity index is 1830. The van der Waals surface area contributed by atoms with E-state index in [0.29, 0.717) is 6.42 Å². The first-order valence-electron chi connectivity index (χ1n) is 14.6. The smallest absolute Gasteiger partial charge is 0.338 e. The van der Waals surface area contributed by atoms with Crippen LogP contribution in [0.2, 0.25) is 0 Å². The molecule has 0 aromatic heterocycles. The molecule has 1 saturated heterocycles. The number of sulfonamides is 1. The number of carbonyl (C=O) groups is 2. The number of morpholine rings is 1. The lowest BCUT2D eigenvalue weighted by Gasteiger charge is -2.34. The monoisotopic (exact) mass is 611 g/mol. The van der Waals surface area contributed by atoms with Crippen LogP contribution in [0.1, 0.15) is 47.8 Å². The molecular formula is C34H33N3O6S. The van der Waals surface area contributed by atoms with Crippen LogP contribution in [0.15, 0.2) is 107 Å². The summed E-state index contributed by atoms with van der Waals surface area (Å²) >= 11 is 0. The van der Waals surface area contributed by atoms with Crippen LogP contribution in [-0.2, 0) is 24.3 Å². The van der Waals surface area contributed by atoms with E-state index >= 15 is 0 Å². The fourth-order valence-corrected chi connectivity index (χ4v) is 7.39. The van der Waals surface area contributed by atoms with Crippen molar-refractivity contribution in [1.29, 1.82) is 0 Å². The van der Waals surface area contributed by atoms with Crippen LogP contribution in [-0.4, -0.2) is 67.2 Å². The van der Waals surface area contributed by atoms with E-state index in [0.717, 1.165) is 27.6 Å². The van der Waals surface area contributed by atoms with Crippen molar-refractivity contribution >= 4 is 38.4 Å². The van der Waals surface area contributed by atoms with E-state index in [9.17, 15) is 18.0 Å². The number of nitrogens with zero attached hydrogens (tertiary/aromatic N) is 3. The molecule has 0 unspecified atom stereocenters. The quantitative estimate of drug-likeness (QED) is 0.267. The number of carbonyl (C=O) groups excluding carboxylic acids is 2. The molecule has 0 bridgehead atoms. The summed E-state index contributed by atoms with van der Waals surface area (Å²) in [5.74, 6) is -1.28. The first-order valence-corrected chi connectivity index (χ1v) is 16.0. The Hall–Kier alpha value is -4.38. The van der Waals surface area contributed by atoms with Gasteiger partial charge in [0.2, 0.25) is 10.0 Å². The molecule has 2 aliphatic rings. The fourth-order valence-electron chi connectivity index (χ4n) is 5.75. The Kier molecular flexibility index (Phi) is 8.31. The lowest BCUT2D eigenvalue weighted by Crippen LogP contribution is -2.48. The van der Waals surface area contributed by atoms with E-state index < -0.39 is 28.5 Å². The highest BCUT2D eigenvalue weighted by Gasteiger charge is 2.35. The number of amides is 1. The molecule has 3 atom stereocenters. The highest BCUT2D eigenvalue weighted by atomic mass is 32.2. The average molecular weight is 612 g/mol. The third-order valence-corrected chi connectivity index (χ3v) is 9.68. The van der Waals surface area contributed by atoms with E-state index in [1.54, 1.807) is 0 Å². The lowest BCUT2D eigenvalue weighted by molar-refractivity contribution is -0.136. The minimum absolute atomic E-state index is 0.0205. The summed E-state index contributed by atoms with van der Waals surface area (Å²) in [6.45, 7) is 3.53. The first kappa shape index (κ1) is 29.7. The van der Waals surface area contributed by atoms with Crippen molar-refractivity contribution < 1.29 is 27.5 Å². The molecule has 2 heterocycles. The van der Waals surface area contributed by atoms with Crippen LogP contribution in [0, 0.1) is 0 Å². The van der Waals surface area contributed by atoms with Gasteiger partial charge in [-0.05, 0) is 60.0 Å². The minimum atomic E-state index is -3.86. The van der Waals surface area contributed by atoms with Gasteiger partial charge in [0, 0.05) is 19.5 Å². The Labute approximate surface area is 256 Å². The maximum Gasteiger partial charge on any atom is 0.338 e. The van der Waals surface area contributed by atoms with Crippen molar-refractivity contribution in [2.45, 2.75) is 43.4 Å². The van der Waals surface area contributed by atoms with E-state index in [-0.39, 0.29) is 41.8 Å². The van der Waals surface area contributed by atoms with Gasteiger partial charge in [0.05, 0.1) is 34.4 Å². The summed E-state index contributed by atoms with van der Waals surface area (Å²) < 4.78 is 39.1. The maximum absolute atomic E-state index is 13.5. The van der Waals surface area contributed by atoms with Crippen LogP contribution in [0.25, 0.3) is 10.8 Å². The second-order valence-corrected chi connectivity index (χ2v) is 13.1. The van der Waals surface area contributed by atoms with Crippen LogP contribution in [0.4, 0.5) is 0 Å². The molecule has 1 amide bonds. The third kappa shape index (κ3) is 6.14. The standard InChI is InChI=1S/C34H33N3O6S/c1-23-20-36(21-24(2)43-23)44(40,41)30-14-8-13-29(18-30)34(39)42-22-33(38)37-32(26-10-4-3-5-11-26)19-31(35-37)28-16-15-25-9-6-7-12-27(25)17-28/h3-18,23-24,32H,19-22H2,1-2H3/t23-,24+,32-/m0/s1. The average Bonchev–Trinajstić information content (AvgIpc) is 3.49. The van der Waals surface area contributed by atoms with Gasteiger partial charge in [-0.2, -0.15) is 9.41 Å². The van der Waals surface area contributed by atoms with E-state index in [2.05, 4.69) is 6.07 Å². The van der Waals surface area contributed by atoms with Gasteiger partial charge in [-0.3, -0.25) is 4.79 Å². The van der Waals surface area contributed by atoms with Crippen molar-refractivity contribution in [1.82, 2.24) is 9.31 Å². The molecule has 9 nitrogen and oxygen atoms in total. The van der Waals surface area contributed by atoms with Gasteiger partial charge in [-0.1, -0.05) is 72.8 Å². The summed E-state index contributed by atoms with van der Waals surface area (Å²) in [5, 5.41) is 8.27. The Morgan fingerprint density at radius 2 is 1.57 bits per heavy atom. The Morgan fingerprint density at radius 3 is 2.32 bits per heavy atom. The van der Waals surface area contributed by atoms with Gasteiger partial charge in [0.25, 0.3) is 5.91 Å². The molecule has 6 rings (SSSR count). The van der Waals surface area contributed by atoms with Crippen molar-refractivity contribution in [2.24, 2.45) is 5.10 Å². The molecule has 4 aromatic carbocycles. The number of rotatable bonds is 7. The van der Waals surface area contributed by atoms with Crippen molar-refractivity contribution in [3.8, 4) is 0 Å². The molecule has 4 aromatic rings. The van der Waals surface area contributed by atoms with Gasteiger partial charge in [0.1, 0.15) is 0 Å². The van der Waals surface area contributed by atoms with Gasteiger partial charge in [-0.25, -0.2) is 18.2 Å². The molecule has 1 fully saturated rings. The largest absolute Gasteiger partial charge is 0.452 e. The number of esters is 1. The number of hydrogen-bond donors (Lipinski definition) is 0. The topological polar surface area (TPSA) is 106 Å². The Balaban J connectivity index is 1.19. The summed E-state index contributed by atoms with van der Waals surface area (Å²) in [6, 6.07) is 29.1. The highest BCUT2D eigenvalue weighted by Crippen LogP contribution is 2.33. The van der Waals surface area contributed by atoms with E-state index in [1.165, 1.54) is 33.6 Å². The third-order valence-electron chi connectivity index (χ3n) is 7.85. The van der Waals surface area contributed by atoms with Crippen LogP contribution >= 0.6 is 0 Å². The van der Waals surface area contributed by atoms with Gasteiger partial charge >= 0.3 is 5.97 Å². The lowest BCUT2D eigenvalue weighted by atomic mass is 9.97.